The fourth-order valence-electron chi connectivity index (χ4n) is 4.58. The van der Waals surface area contributed by atoms with Gasteiger partial charge in [-0.3, -0.25) is 9.59 Å². The Morgan fingerprint density at radius 2 is 1.65 bits per heavy atom. The SMILES string of the molecule is Cc1cc(C)cc(C(CC(C)C)NC(=O)c2cc(OCc3cc(F)cc(C(F)(F)F)c3)ccc2CCC(=O)O)c1. The van der Waals surface area contributed by atoms with Crippen LogP contribution in [0, 0.1) is 25.6 Å². The van der Waals surface area contributed by atoms with Crippen LogP contribution < -0.4 is 10.1 Å². The molecule has 3 rings (SSSR count). The Kier molecular flexibility index (Phi) is 9.95. The van der Waals surface area contributed by atoms with Crippen LogP contribution in [-0.4, -0.2) is 17.0 Å². The van der Waals surface area contributed by atoms with Gasteiger partial charge < -0.3 is 15.2 Å². The van der Waals surface area contributed by atoms with Crippen molar-refractivity contribution in [2.45, 2.75) is 65.8 Å². The van der Waals surface area contributed by atoms with Gasteiger partial charge in [-0.1, -0.05) is 49.2 Å². The van der Waals surface area contributed by atoms with Crippen LogP contribution in [0.25, 0.3) is 0 Å². The van der Waals surface area contributed by atoms with Gasteiger partial charge in [0.1, 0.15) is 18.2 Å². The van der Waals surface area contributed by atoms with E-state index in [1.54, 1.807) is 6.07 Å². The highest BCUT2D eigenvalue weighted by molar-refractivity contribution is 5.96. The number of ether oxygens (including phenoxy) is 1. The number of benzene rings is 3. The summed E-state index contributed by atoms with van der Waals surface area (Å²) in [6, 6.07) is 12.4. The summed E-state index contributed by atoms with van der Waals surface area (Å²) in [6.07, 6.45) is -4.15. The van der Waals surface area contributed by atoms with E-state index in [0.29, 0.717) is 18.1 Å². The molecule has 0 aliphatic carbocycles. The van der Waals surface area contributed by atoms with Crippen molar-refractivity contribution in [2.75, 3.05) is 0 Å². The Morgan fingerprint density at radius 3 is 2.25 bits per heavy atom. The Hall–Kier alpha value is -3.88. The number of nitrogens with one attached hydrogen (secondary N) is 1. The molecule has 0 aromatic heterocycles. The molecule has 40 heavy (non-hydrogen) atoms. The minimum Gasteiger partial charge on any atom is -0.489 e. The Morgan fingerprint density at radius 1 is 0.975 bits per heavy atom. The molecule has 3 aromatic carbocycles. The number of rotatable bonds is 11. The van der Waals surface area contributed by atoms with Crippen LogP contribution >= 0.6 is 0 Å². The summed E-state index contributed by atoms with van der Waals surface area (Å²) in [4.78, 5) is 24.8. The molecule has 0 aliphatic rings. The average molecular weight is 560 g/mol. The number of carbonyl (C=O) groups is 2. The summed E-state index contributed by atoms with van der Waals surface area (Å²) >= 11 is 0. The van der Waals surface area contributed by atoms with Crippen LogP contribution in [0.1, 0.15) is 76.5 Å². The van der Waals surface area contributed by atoms with Crippen molar-refractivity contribution in [3.8, 4) is 5.75 Å². The fourth-order valence-corrected chi connectivity index (χ4v) is 4.58. The molecule has 2 N–H and O–H groups in total. The standard InChI is InChI=1S/C31H33F4NO4/c1-18(2)9-28(23-11-19(3)10-20(4)12-23)36-30(39)27-16-26(7-5-22(27)6-8-29(37)38)40-17-21-13-24(31(33,34)35)15-25(32)14-21/h5,7,10-16,18,28H,6,8-9,17H2,1-4H3,(H,36,39)(H,37,38). The summed E-state index contributed by atoms with van der Waals surface area (Å²) in [5, 5.41) is 12.3. The number of hydrogen-bond acceptors (Lipinski definition) is 3. The Labute approximate surface area is 231 Å². The van der Waals surface area contributed by atoms with Crippen molar-refractivity contribution in [3.63, 3.8) is 0 Å². The fraction of sp³-hybridized carbons (Fsp3) is 0.355. The van der Waals surface area contributed by atoms with E-state index < -0.39 is 29.4 Å². The van der Waals surface area contributed by atoms with Gasteiger partial charge in [-0.15, -0.1) is 0 Å². The topological polar surface area (TPSA) is 75.6 Å². The Balaban J connectivity index is 1.90. The van der Waals surface area contributed by atoms with Crippen molar-refractivity contribution in [1.82, 2.24) is 5.32 Å². The third kappa shape index (κ3) is 8.83. The van der Waals surface area contributed by atoms with E-state index in [0.717, 1.165) is 28.8 Å². The molecule has 0 fully saturated rings. The molecule has 3 aromatic rings. The third-order valence-electron chi connectivity index (χ3n) is 6.28. The van der Waals surface area contributed by atoms with Gasteiger partial charge in [-0.2, -0.15) is 13.2 Å². The van der Waals surface area contributed by atoms with E-state index >= 15 is 0 Å². The number of hydrogen-bond donors (Lipinski definition) is 2. The number of alkyl halides is 3. The van der Waals surface area contributed by atoms with Crippen LogP contribution in [0.15, 0.2) is 54.6 Å². The van der Waals surface area contributed by atoms with Crippen molar-refractivity contribution in [1.29, 1.82) is 0 Å². The summed E-state index contributed by atoms with van der Waals surface area (Å²) in [7, 11) is 0. The maximum atomic E-state index is 13.8. The van der Waals surface area contributed by atoms with E-state index in [4.69, 9.17) is 4.74 Å². The summed E-state index contributed by atoms with van der Waals surface area (Å²) in [5.74, 6) is -2.05. The van der Waals surface area contributed by atoms with Gasteiger partial charge in [-0.05, 0) is 79.6 Å². The van der Waals surface area contributed by atoms with Gasteiger partial charge in [0, 0.05) is 12.0 Å². The first-order valence-corrected chi connectivity index (χ1v) is 12.9. The smallest absolute Gasteiger partial charge is 0.416 e. The van der Waals surface area contributed by atoms with E-state index in [1.165, 1.54) is 12.1 Å². The lowest BCUT2D eigenvalue weighted by Gasteiger charge is -2.23. The maximum absolute atomic E-state index is 13.8. The highest BCUT2D eigenvalue weighted by atomic mass is 19.4. The first-order chi connectivity index (χ1) is 18.7. The minimum absolute atomic E-state index is 0.0277. The largest absolute Gasteiger partial charge is 0.489 e. The lowest BCUT2D eigenvalue weighted by Crippen LogP contribution is -2.30. The summed E-state index contributed by atoms with van der Waals surface area (Å²) in [5.41, 5.74) is 2.60. The molecule has 1 amide bonds. The molecule has 1 atom stereocenters. The first-order valence-electron chi connectivity index (χ1n) is 12.9. The minimum atomic E-state index is -4.71. The van der Waals surface area contributed by atoms with E-state index in [1.807, 2.05) is 45.9 Å². The third-order valence-corrected chi connectivity index (χ3v) is 6.28. The van der Waals surface area contributed by atoms with Crippen LogP contribution in [-0.2, 0) is 24.0 Å². The zero-order valence-electron chi connectivity index (χ0n) is 22.9. The number of carbonyl (C=O) groups excluding carboxylic acids is 1. The summed E-state index contributed by atoms with van der Waals surface area (Å²) in [6.45, 7) is 7.68. The second-order valence-electron chi connectivity index (χ2n) is 10.4. The van der Waals surface area contributed by atoms with Crippen LogP contribution in [0.5, 0.6) is 5.75 Å². The molecule has 9 heteroatoms. The predicted molar refractivity (Wildman–Crippen MR) is 144 cm³/mol. The second-order valence-corrected chi connectivity index (χ2v) is 10.4. The number of carboxylic acid groups (broad SMARTS) is 1. The van der Waals surface area contributed by atoms with Crippen molar-refractivity contribution in [3.05, 3.63) is 99.4 Å². The first kappa shape index (κ1) is 30.7. The second kappa shape index (κ2) is 13.0. The quantitative estimate of drug-likeness (QED) is 0.238. The Bertz CT molecular complexity index is 1350. The number of amides is 1. The molecule has 0 saturated heterocycles. The van der Waals surface area contributed by atoms with Gasteiger partial charge in [0.05, 0.1) is 11.6 Å². The average Bonchev–Trinajstić information content (AvgIpc) is 2.84. The molecule has 0 bridgehead atoms. The van der Waals surface area contributed by atoms with Crippen LogP contribution in [0.4, 0.5) is 17.6 Å². The number of carboxylic acids is 1. The van der Waals surface area contributed by atoms with Crippen LogP contribution in [0.2, 0.25) is 0 Å². The van der Waals surface area contributed by atoms with E-state index in [2.05, 4.69) is 5.32 Å². The summed E-state index contributed by atoms with van der Waals surface area (Å²) < 4.78 is 58.7. The zero-order chi connectivity index (χ0) is 29.6. The molecule has 0 aliphatic heterocycles. The number of aryl methyl sites for hydroxylation is 3. The molecular formula is C31H33F4NO4. The van der Waals surface area contributed by atoms with Gasteiger partial charge in [-0.25, -0.2) is 4.39 Å². The highest BCUT2D eigenvalue weighted by Crippen LogP contribution is 2.31. The predicted octanol–water partition coefficient (Wildman–Crippen LogP) is 7.57. The lowest BCUT2D eigenvalue weighted by molar-refractivity contribution is -0.138. The molecule has 0 spiro atoms. The molecule has 0 radical (unpaired) electrons. The lowest BCUT2D eigenvalue weighted by atomic mass is 9.93. The molecule has 0 saturated carbocycles. The van der Waals surface area contributed by atoms with Gasteiger partial charge in [0.2, 0.25) is 0 Å². The van der Waals surface area contributed by atoms with Gasteiger partial charge >= 0.3 is 12.1 Å². The zero-order valence-corrected chi connectivity index (χ0v) is 22.9. The number of aliphatic carboxylic acids is 1. The monoisotopic (exact) mass is 559 g/mol. The molecule has 214 valence electrons. The molecule has 1 unspecified atom stereocenters. The van der Waals surface area contributed by atoms with Crippen molar-refractivity contribution in [2.24, 2.45) is 5.92 Å². The number of halogens is 4. The normalized spacial score (nSPS) is 12.3. The molecule has 5 nitrogen and oxygen atoms in total. The van der Waals surface area contributed by atoms with Crippen LogP contribution in [0.3, 0.4) is 0 Å². The van der Waals surface area contributed by atoms with E-state index in [9.17, 15) is 32.3 Å². The van der Waals surface area contributed by atoms with Crippen molar-refractivity contribution < 1.29 is 37.0 Å². The van der Waals surface area contributed by atoms with Gasteiger partial charge in [0.15, 0.2) is 0 Å². The maximum Gasteiger partial charge on any atom is 0.416 e. The van der Waals surface area contributed by atoms with E-state index in [-0.39, 0.29) is 48.3 Å². The molecular weight excluding hydrogens is 526 g/mol. The highest BCUT2D eigenvalue weighted by Gasteiger charge is 2.31. The van der Waals surface area contributed by atoms with Gasteiger partial charge in [0.25, 0.3) is 5.91 Å². The van der Waals surface area contributed by atoms with Crippen molar-refractivity contribution >= 4 is 11.9 Å². The molecule has 0 heterocycles.